The molecular weight excluding hydrogens is 335 g/mol. The van der Waals surface area contributed by atoms with E-state index in [1.807, 2.05) is 18.2 Å². The quantitative estimate of drug-likeness (QED) is 0.410. The van der Waals surface area contributed by atoms with Crippen LogP contribution in [0.3, 0.4) is 0 Å². The maximum absolute atomic E-state index is 11.3. The molecule has 120 valence electrons. The molecule has 0 aliphatic heterocycles. The van der Waals surface area contributed by atoms with Gasteiger partial charge in [0.2, 0.25) is 0 Å². The fourth-order valence-electron chi connectivity index (χ4n) is 2.79. The van der Waals surface area contributed by atoms with E-state index >= 15 is 0 Å². The van der Waals surface area contributed by atoms with Gasteiger partial charge in [-0.05, 0) is 35.2 Å². The second-order valence-electron chi connectivity index (χ2n) is 5.78. The molecule has 2 aromatic carbocycles. The summed E-state index contributed by atoms with van der Waals surface area (Å²) in [6.45, 7) is 2.21. The molecule has 0 N–H and O–H groups in total. The van der Waals surface area contributed by atoms with E-state index in [4.69, 9.17) is 0 Å². The van der Waals surface area contributed by atoms with Gasteiger partial charge in [-0.25, -0.2) is 8.42 Å². The van der Waals surface area contributed by atoms with Gasteiger partial charge in [-0.1, -0.05) is 69.4 Å². The van der Waals surface area contributed by atoms with Crippen LogP contribution in [0.15, 0.2) is 41.3 Å². The van der Waals surface area contributed by atoms with Crippen LogP contribution < -0.4 is 51.4 Å². The van der Waals surface area contributed by atoms with E-state index in [0.29, 0.717) is 5.39 Å². The summed E-state index contributed by atoms with van der Waals surface area (Å²) in [5.41, 5.74) is 1.20. The monoisotopic (exact) mass is 358 g/mol. The Balaban J connectivity index is 0.00000264. The van der Waals surface area contributed by atoms with Crippen molar-refractivity contribution in [2.45, 2.75) is 56.8 Å². The Hall–Kier alpha value is 0.246. The van der Waals surface area contributed by atoms with Crippen LogP contribution in [0.4, 0.5) is 0 Å². The molecule has 5 heteroatoms. The number of benzene rings is 2. The molecule has 0 spiro atoms. The smallest absolute Gasteiger partial charge is 0.744 e. The van der Waals surface area contributed by atoms with Crippen LogP contribution >= 0.6 is 0 Å². The van der Waals surface area contributed by atoms with Crippen molar-refractivity contribution in [1.82, 2.24) is 0 Å². The molecule has 0 aliphatic rings. The van der Waals surface area contributed by atoms with Gasteiger partial charge in [0.15, 0.2) is 0 Å². The van der Waals surface area contributed by atoms with E-state index in [0.717, 1.165) is 18.2 Å². The minimum absolute atomic E-state index is 0. The molecule has 0 bridgehead atoms. The molecule has 0 fully saturated rings. The Kier molecular flexibility index (Phi) is 9.52. The predicted molar refractivity (Wildman–Crippen MR) is 89.0 cm³/mol. The van der Waals surface area contributed by atoms with E-state index in [1.165, 1.54) is 43.7 Å². The fourth-order valence-corrected chi connectivity index (χ4v) is 3.49. The summed E-state index contributed by atoms with van der Waals surface area (Å²) < 4.78 is 33.8. The van der Waals surface area contributed by atoms with Gasteiger partial charge < -0.3 is 4.55 Å². The SMILES string of the molecule is CCCCCCCCc1ccc2c(S(=O)(=O)[O-])cccc2c1.[K+]. The van der Waals surface area contributed by atoms with Gasteiger partial charge in [0, 0.05) is 0 Å². The van der Waals surface area contributed by atoms with Crippen molar-refractivity contribution in [2.24, 2.45) is 0 Å². The van der Waals surface area contributed by atoms with Crippen LogP contribution in [0.25, 0.3) is 10.8 Å². The minimum atomic E-state index is -4.42. The normalized spacial score (nSPS) is 11.4. The van der Waals surface area contributed by atoms with Crippen molar-refractivity contribution in [2.75, 3.05) is 0 Å². The number of unbranched alkanes of at least 4 members (excludes halogenated alkanes) is 5. The predicted octanol–water partition coefficient (Wildman–Crippen LogP) is 1.65. The second-order valence-corrected chi connectivity index (χ2v) is 7.13. The van der Waals surface area contributed by atoms with Gasteiger partial charge in [-0.3, -0.25) is 0 Å². The number of hydrogen-bond acceptors (Lipinski definition) is 3. The summed E-state index contributed by atoms with van der Waals surface area (Å²) in [6.07, 6.45) is 8.52. The third-order valence-electron chi connectivity index (χ3n) is 3.99. The molecule has 0 heterocycles. The first-order valence-corrected chi connectivity index (χ1v) is 9.41. The summed E-state index contributed by atoms with van der Waals surface area (Å²) in [4.78, 5) is -0.129. The first kappa shape index (κ1) is 21.3. The van der Waals surface area contributed by atoms with Crippen molar-refractivity contribution < 1.29 is 64.4 Å². The molecule has 0 aliphatic carbocycles. The van der Waals surface area contributed by atoms with Crippen molar-refractivity contribution in [3.05, 3.63) is 42.0 Å². The fraction of sp³-hybridized carbons (Fsp3) is 0.444. The van der Waals surface area contributed by atoms with Gasteiger partial charge in [0.25, 0.3) is 0 Å². The Bertz CT molecular complexity index is 726. The summed E-state index contributed by atoms with van der Waals surface area (Å²) in [5.74, 6) is 0. The summed E-state index contributed by atoms with van der Waals surface area (Å²) in [7, 11) is -4.42. The third kappa shape index (κ3) is 6.57. The number of aryl methyl sites for hydroxylation is 1. The van der Waals surface area contributed by atoms with Gasteiger partial charge in [-0.2, -0.15) is 0 Å². The maximum atomic E-state index is 11.3. The van der Waals surface area contributed by atoms with Crippen LogP contribution in [-0.4, -0.2) is 13.0 Å². The van der Waals surface area contributed by atoms with E-state index in [2.05, 4.69) is 6.92 Å². The van der Waals surface area contributed by atoms with Crippen LogP contribution in [-0.2, 0) is 16.5 Å². The molecule has 2 aromatic rings. The standard InChI is InChI=1S/C18H24O3S.K/c1-2-3-4-5-6-7-9-15-12-13-17-16(14-15)10-8-11-18(17)22(19,20)21;/h8,10-14H,2-7,9H2,1H3,(H,19,20,21);/q;+1/p-1. The molecule has 2 rings (SSSR count). The van der Waals surface area contributed by atoms with Gasteiger partial charge in [0.1, 0.15) is 10.1 Å². The summed E-state index contributed by atoms with van der Waals surface area (Å²) >= 11 is 0. The molecule has 3 nitrogen and oxygen atoms in total. The number of fused-ring (bicyclic) bond motifs is 1. The zero-order valence-electron chi connectivity index (χ0n) is 14.0. The van der Waals surface area contributed by atoms with Crippen LogP contribution in [0, 0.1) is 0 Å². The van der Waals surface area contributed by atoms with Gasteiger partial charge in [0.05, 0.1) is 4.90 Å². The van der Waals surface area contributed by atoms with Crippen molar-refractivity contribution in [3.63, 3.8) is 0 Å². The molecule has 23 heavy (non-hydrogen) atoms. The Morgan fingerprint density at radius 1 is 0.957 bits per heavy atom. The van der Waals surface area contributed by atoms with Crippen molar-refractivity contribution in [3.8, 4) is 0 Å². The first-order chi connectivity index (χ1) is 10.5. The largest absolute Gasteiger partial charge is 1.00 e. The Labute approximate surface area is 182 Å². The zero-order chi connectivity index (χ0) is 16.0. The average molecular weight is 359 g/mol. The molecule has 0 aromatic heterocycles. The number of rotatable bonds is 8. The first-order valence-electron chi connectivity index (χ1n) is 8.00. The topological polar surface area (TPSA) is 57.2 Å². The van der Waals surface area contributed by atoms with Crippen LogP contribution in [0.2, 0.25) is 0 Å². The number of hydrogen-bond donors (Lipinski definition) is 0. The van der Waals surface area contributed by atoms with Crippen LogP contribution in [0.1, 0.15) is 51.0 Å². The van der Waals surface area contributed by atoms with E-state index in [1.54, 1.807) is 12.1 Å². The summed E-state index contributed by atoms with van der Waals surface area (Å²) in [5, 5.41) is 1.34. The summed E-state index contributed by atoms with van der Waals surface area (Å²) in [6, 6.07) is 10.5. The van der Waals surface area contributed by atoms with E-state index in [9.17, 15) is 13.0 Å². The second kappa shape index (κ2) is 10.3. The van der Waals surface area contributed by atoms with Gasteiger partial charge in [-0.15, -0.1) is 0 Å². The third-order valence-corrected chi connectivity index (χ3v) is 4.89. The molecular formula is C18H23KO3S. The molecule has 0 saturated carbocycles. The van der Waals surface area contributed by atoms with E-state index in [-0.39, 0.29) is 56.3 Å². The molecule has 0 unspecified atom stereocenters. The molecule has 0 radical (unpaired) electrons. The minimum Gasteiger partial charge on any atom is -0.744 e. The van der Waals surface area contributed by atoms with Crippen LogP contribution in [0.5, 0.6) is 0 Å². The average Bonchev–Trinajstić information content (AvgIpc) is 2.49. The van der Waals surface area contributed by atoms with E-state index < -0.39 is 10.1 Å². The zero-order valence-corrected chi connectivity index (χ0v) is 18.0. The van der Waals surface area contributed by atoms with Crippen molar-refractivity contribution >= 4 is 20.9 Å². The Morgan fingerprint density at radius 3 is 2.35 bits per heavy atom. The Morgan fingerprint density at radius 2 is 1.65 bits per heavy atom. The molecule has 0 saturated heterocycles. The molecule has 0 atom stereocenters. The molecule has 0 amide bonds. The van der Waals surface area contributed by atoms with Gasteiger partial charge >= 0.3 is 51.4 Å². The maximum Gasteiger partial charge on any atom is 1.00 e. The van der Waals surface area contributed by atoms with Crippen molar-refractivity contribution in [1.29, 1.82) is 0 Å².